The molecule has 0 atom stereocenters. The first-order valence-electron chi connectivity index (χ1n) is 10.1. The van der Waals surface area contributed by atoms with Crippen LogP contribution in [-0.4, -0.2) is 27.2 Å². The molecule has 174 valence electrons. The van der Waals surface area contributed by atoms with E-state index >= 15 is 0 Å². The molecule has 0 aliphatic carbocycles. The van der Waals surface area contributed by atoms with Gasteiger partial charge in [-0.15, -0.1) is 0 Å². The van der Waals surface area contributed by atoms with Gasteiger partial charge in [0.15, 0.2) is 5.82 Å². The zero-order chi connectivity index (χ0) is 24.0. The summed E-state index contributed by atoms with van der Waals surface area (Å²) >= 11 is 6.15. The van der Waals surface area contributed by atoms with Crippen molar-refractivity contribution in [3.8, 4) is 5.82 Å². The minimum atomic E-state index is -4.54. The summed E-state index contributed by atoms with van der Waals surface area (Å²) in [7, 11) is 0. The monoisotopic (exact) mass is 479 g/mol. The molecule has 33 heavy (non-hydrogen) atoms. The number of benzene rings is 1. The first-order valence-corrected chi connectivity index (χ1v) is 10.5. The number of anilines is 1. The maximum Gasteiger partial charge on any atom is 0.417 e. The van der Waals surface area contributed by atoms with Gasteiger partial charge in [0, 0.05) is 24.8 Å². The lowest BCUT2D eigenvalue weighted by atomic mass is 10.1. The van der Waals surface area contributed by atoms with Gasteiger partial charge in [-0.05, 0) is 36.2 Å². The topological polar surface area (TPSA) is 88.9 Å². The Kier molecular flexibility index (Phi) is 7.70. The second-order valence-corrected chi connectivity index (χ2v) is 7.53. The molecule has 11 heteroatoms. The summed E-state index contributed by atoms with van der Waals surface area (Å²) in [5.41, 5.74) is -0.0293. The average molecular weight is 480 g/mol. The smallest absolute Gasteiger partial charge is 0.378 e. The normalized spacial score (nSPS) is 11.3. The summed E-state index contributed by atoms with van der Waals surface area (Å²) in [5.74, 6) is -0.232. The fourth-order valence-electron chi connectivity index (χ4n) is 2.85. The molecule has 3 rings (SSSR count). The molecule has 0 saturated heterocycles. The Morgan fingerprint density at radius 1 is 1.12 bits per heavy atom. The maximum atomic E-state index is 12.7. The summed E-state index contributed by atoms with van der Waals surface area (Å²) in [6.45, 7) is 2.97. The van der Waals surface area contributed by atoms with Gasteiger partial charge in [-0.1, -0.05) is 37.1 Å². The molecule has 0 aliphatic heterocycles. The molecule has 1 aromatic carbocycles. The standard InChI is InChI=1S/C22H21ClF3N5O2/c1-2-3-10-27-20(32)15-6-4-14(5-7-15)11-28-17-13-30-31(21(33)19(17)23)18-9-8-16(12-29-18)22(24,25)26/h4-9,12-13,28H,2-3,10-11H2,1H3,(H,27,32). The Bertz CT molecular complexity index is 1160. The van der Waals surface area contributed by atoms with Crippen LogP contribution in [0.3, 0.4) is 0 Å². The highest BCUT2D eigenvalue weighted by Crippen LogP contribution is 2.28. The molecule has 0 spiro atoms. The van der Waals surface area contributed by atoms with Crippen molar-refractivity contribution in [3.63, 3.8) is 0 Å². The highest BCUT2D eigenvalue weighted by atomic mass is 35.5. The first-order chi connectivity index (χ1) is 15.7. The van der Waals surface area contributed by atoms with Gasteiger partial charge in [0.1, 0.15) is 5.02 Å². The van der Waals surface area contributed by atoms with E-state index < -0.39 is 17.3 Å². The number of unbranched alkanes of at least 4 members (excludes halogenated alkanes) is 1. The van der Waals surface area contributed by atoms with E-state index in [1.54, 1.807) is 24.3 Å². The number of carbonyl (C=O) groups excluding carboxylic acids is 1. The van der Waals surface area contributed by atoms with Gasteiger partial charge in [-0.25, -0.2) is 4.98 Å². The molecule has 2 heterocycles. The Morgan fingerprint density at radius 3 is 2.45 bits per heavy atom. The number of rotatable bonds is 8. The molecule has 7 nitrogen and oxygen atoms in total. The molecular weight excluding hydrogens is 459 g/mol. The van der Waals surface area contributed by atoms with Crippen molar-refractivity contribution in [2.24, 2.45) is 0 Å². The first kappa shape index (κ1) is 24.2. The predicted molar refractivity (Wildman–Crippen MR) is 119 cm³/mol. The molecule has 0 aliphatic rings. The molecule has 2 aromatic heterocycles. The lowest BCUT2D eigenvalue weighted by molar-refractivity contribution is -0.137. The molecule has 1 amide bonds. The van der Waals surface area contributed by atoms with Crippen molar-refractivity contribution in [2.45, 2.75) is 32.5 Å². The van der Waals surface area contributed by atoms with Crippen LogP contribution in [0.1, 0.15) is 41.3 Å². The number of hydrogen-bond donors (Lipinski definition) is 2. The van der Waals surface area contributed by atoms with E-state index in [1.165, 1.54) is 6.20 Å². The Morgan fingerprint density at radius 2 is 1.85 bits per heavy atom. The number of halogens is 4. The van der Waals surface area contributed by atoms with Crippen molar-refractivity contribution in [1.82, 2.24) is 20.1 Å². The summed E-state index contributed by atoms with van der Waals surface area (Å²) in [4.78, 5) is 28.2. The number of aromatic nitrogens is 3. The molecular formula is C22H21ClF3N5O2. The molecule has 0 unspecified atom stereocenters. The van der Waals surface area contributed by atoms with Crippen molar-refractivity contribution in [3.05, 3.63) is 80.9 Å². The van der Waals surface area contributed by atoms with Crippen molar-refractivity contribution < 1.29 is 18.0 Å². The van der Waals surface area contributed by atoms with Crippen LogP contribution in [0.25, 0.3) is 5.82 Å². The lowest BCUT2D eigenvalue weighted by Gasteiger charge is -2.11. The molecule has 0 fully saturated rings. The minimum absolute atomic E-state index is 0.0887. The fourth-order valence-corrected chi connectivity index (χ4v) is 3.05. The molecule has 0 bridgehead atoms. The Hall–Kier alpha value is -3.40. The quantitative estimate of drug-likeness (QED) is 0.466. The Labute approximate surface area is 192 Å². The average Bonchev–Trinajstić information content (AvgIpc) is 2.80. The van der Waals surface area contributed by atoms with Crippen LogP contribution in [0, 0.1) is 0 Å². The summed E-state index contributed by atoms with van der Waals surface area (Å²) in [6, 6.07) is 8.80. The summed E-state index contributed by atoms with van der Waals surface area (Å²) < 4.78 is 38.9. The molecule has 2 N–H and O–H groups in total. The number of pyridine rings is 1. The number of alkyl halides is 3. The minimum Gasteiger partial charge on any atom is -0.378 e. The van der Waals surface area contributed by atoms with Gasteiger partial charge < -0.3 is 10.6 Å². The van der Waals surface area contributed by atoms with Crippen LogP contribution < -0.4 is 16.2 Å². The van der Waals surface area contributed by atoms with E-state index in [4.69, 9.17) is 11.6 Å². The van der Waals surface area contributed by atoms with E-state index in [1.807, 2.05) is 6.92 Å². The predicted octanol–water partition coefficient (Wildman–Crippen LogP) is 4.44. The number of amides is 1. The van der Waals surface area contributed by atoms with Crippen LogP contribution in [0.5, 0.6) is 0 Å². The number of hydrogen-bond acceptors (Lipinski definition) is 5. The molecule has 0 saturated carbocycles. The third-order valence-corrected chi connectivity index (χ3v) is 5.09. The van der Waals surface area contributed by atoms with Crippen LogP contribution in [0.2, 0.25) is 5.02 Å². The number of nitrogens with zero attached hydrogens (tertiary/aromatic N) is 3. The lowest BCUT2D eigenvalue weighted by Crippen LogP contribution is -2.24. The van der Waals surface area contributed by atoms with E-state index in [-0.39, 0.29) is 22.4 Å². The maximum absolute atomic E-state index is 12.7. The van der Waals surface area contributed by atoms with E-state index in [9.17, 15) is 22.8 Å². The van der Waals surface area contributed by atoms with Gasteiger partial charge in [-0.3, -0.25) is 9.59 Å². The van der Waals surface area contributed by atoms with Crippen LogP contribution in [0.15, 0.2) is 53.6 Å². The SMILES string of the molecule is CCCCNC(=O)c1ccc(CNc2cnn(-c3ccc(C(F)(F)F)cn3)c(=O)c2Cl)cc1. The molecule has 3 aromatic rings. The second kappa shape index (κ2) is 10.5. The second-order valence-electron chi connectivity index (χ2n) is 7.15. The zero-order valence-electron chi connectivity index (χ0n) is 17.6. The molecule has 0 radical (unpaired) electrons. The van der Waals surface area contributed by atoms with E-state index in [2.05, 4.69) is 20.7 Å². The largest absolute Gasteiger partial charge is 0.417 e. The van der Waals surface area contributed by atoms with Crippen molar-refractivity contribution in [2.75, 3.05) is 11.9 Å². The zero-order valence-corrected chi connectivity index (χ0v) is 18.4. The van der Waals surface area contributed by atoms with E-state index in [0.717, 1.165) is 35.2 Å². The van der Waals surface area contributed by atoms with Crippen molar-refractivity contribution in [1.29, 1.82) is 0 Å². The Balaban J connectivity index is 1.67. The van der Waals surface area contributed by atoms with Gasteiger partial charge >= 0.3 is 6.18 Å². The number of nitrogens with one attached hydrogen (secondary N) is 2. The van der Waals surface area contributed by atoms with Gasteiger partial charge in [0.05, 0.1) is 17.4 Å². The van der Waals surface area contributed by atoms with Crippen LogP contribution in [-0.2, 0) is 12.7 Å². The van der Waals surface area contributed by atoms with Gasteiger partial charge in [0.2, 0.25) is 0 Å². The number of carbonyl (C=O) groups is 1. The fraction of sp³-hybridized carbons (Fsp3) is 0.273. The summed E-state index contributed by atoms with van der Waals surface area (Å²) in [6.07, 6.45) is -0.716. The third-order valence-electron chi connectivity index (χ3n) is 4.73. The van der Waals surface area contributed by atoms with Crippen LogP contribution in [0.4, 0.5) is 18.9 Å². The van der Waals surface area contributed by atoms with Crippen LogP contribution >= 0.6 is 11.6 Å². The van der Waals surface area contributed by atoms with E-state index in [0.29, 0.717) is 24.8 Å². The highest BCUT2D eigenvalue weighted by molar-refractivity contribution is 6.32. The summed E-state index contributed by atoms with van der Waals surface area (Å²) in [5, 5.41) is 9.60. The van der Waals surface area contributed by atoms with Gasteiger partial charge in [-0.2, -0.15) is 23.0 Å². The third kappa shape index (κ3) is 6.10. The van der Waals surface area contributed by atoms with Gasteiger partial charge in [0.25, 0.3) is 11.5 Å². The van der Waals surface area contributed by atoms with Crippen molar-refractivity contribution >= 4 is 23.2 Å². The highest BCUT2D eigenvalue weighted by Gasteiger charge is 2.30.